The number of aromatic nitrogens is 1. The minimum Gasteiger partial charge on any atom is -0.347 e. The van der Waals surface area contributed by atoms with E-state index >= 15 is 0 Å². The van der Waals surface area contributed by atoms with Crippen LogP contribution in [0.25, 0.3) is 0 Å². The SMILES string of the molecule is Cn1cccc1C(=O)Nc1ccccc1C(F)(F)F. The number of amides is 1. The first kappa shape index (κ1) is 13.2. The molecule has 0 radical (unpaired) electrons. The molecule has 1 amide bonds. The lowest BCUT2D eigenvalue weighted by atomic mass is 10.1. The van der Waals surface area contributed by atoms with Crippen molar-refractivity contribution >= 4 is 11.6 Å². The molecule has 1 N–H and O–H groups in total. The van der Waals surface area contributed by atoms with Gasteiger partial charge in [0, 0.05) is 13.2 Å². The molecule has 0 aliphatic rings. The number of para-hydroxylation sites is 1. The number of aryl methyl sites for hydroxylation is 1. The van der Waals surface area contributed by atoms with Gasteiger partial charge in [0.15, 0.2) is 0 Å². The first-order valence-corrected chi connectivity index (χ1v) is 5.48. The predicted molar refractivity (Wildman–Crippen MR) is 64.8 cm³/mol. The van der Waals surface area contributed by atoms with Crippen molar-refractivity contribution in [2.75, 3.05) is 5.32 Å². The summed E-state index contributed by atoms with van der Waals surface area (Å²) in [5.41, 5.74) is -0.823. The van der Waals surface area contributed by atoms with Crippen molar-refractivity contribution in [1.29, 1.82) is 0 Å². The van der Waals surface area contributed by atoms with E-state index in [0.29, 0.717) is 0 Å². The van der Waals surface area contributed by atoms with Gasteiger partial charge >= 0.3 is 6.18 Å². The van der Waals surface area contributed by atoms with Gasteiger partial charge in [0.2, 0.25) is 0 Å². The normalized spacial score (nSPS) is 11.4. The van der Waals surface area contributed by atoms with Gasteiger partial charge in [-0.25, -0.2) is 0 Å². The van der Waals surface area contributed by atoms with Gasteiger partial charge in [-0.1, -0.05) is 12.1 Å². The highest BCUT2D eigenvalue weighted by molar-refractivity contribution is 6.03. The van der Waals surface area contributed by atoms with E-state index in [-0.39, 0.29) is 11.4 Å². The molecular weight excluding hydrogens is 257 g/mol. The maximum Gasteiger partial charge on any atom is 0.418 e. The minimum atomic E-state index is -4.50. The molecule has 19 heavy (non-hydrogen) atoms. The number of hydrogen-bond donors (Lipinski definition) is 1. The molecule has 0 aliphatic heterocycles. The Morgan fingerprint density at radius 3 is 2.42 bits per heavy atom. The molecule has 0 spiro atoms. The molecule has 2 aromatic rings. The Bertz CT molecular complexity index is 602. The highest BCUT2D eigenvalue weighted by Gasteiger charge is 2.33. The minimum absolute atomic E-state index is 0.249. The zero-order valence-corrected chi connectivity index (χ0v) is 10.0. The number of carbonyl (C=O) groups excluding carboxylic acids is 1. The van der Waals surface area contributed by atoms with E-state index in [4.69, 9.17) is 0 Å². The molecule has 1 heterocycles. The predicted octanol–water partition coefficient (Wildman–Crippen LogP) is 3.30. The second kappa shape index (κ2) is 4.79. The van der Waals surface area contributed by atoms with E-state index in [2.05, 4.69) is 5.32 Å². The number of nitrogens with zero attached hydrogens (tertiary/aromatic N) is 1. The highest BCUT2D eigenvalue weighted by atomic mass is 19.4. The number of anilines is 1. The topological polar surface area (TPSA) is 34.0 Å². The summed E-state index contributed by atoms with van der Waals surface area (Å²) in [6, 6.07) is 8.05. The first-order chi connectivity index (χ1) is 8.89. The van der Waals surface area contributed by atoms with Crippen LogP contribution in [0.2, 0.25) is 0 Å². The lowest BCUT2D eigenvalue weighted by Gasteiger charge is -2.13. The quantitative estimate of drug-likeness (QED) is 0.890. The van der Waals surface area contributed by atoms with Crippen molar-refractivity contribution in [2.24, 2.45) is 7.05 Å². The third-order valence-corrected chi connectivity index (χ3v) is 2.66. The number of hydrogen-bond acceptors (Lipinski definition) is 1. The Hall–Kier alpha value is -2.24. The van der Waals surface area contributed by atoms with Crippen LogP contribution in [0.4, 0.5) is 18.9 Å². The van der Waals surface area contributed by atoms with Gasteiger partial charge in [-0.3, -0.25) is 4.79 Å². The maximum atomic E-state index is 12.8. The Labute approximate surface area is 107 Å². The van der Waals surface area contributed by atoms with Crippen molar-refractivity contribution in [3.63, 3.8) is 0 Å². The highest BCUT2D eigenvalue weighted by Crippen LogP contribution is 2.34. The van der Waals surface area contributed by atoms with Crippen molar-refractivity contribution in [3.8, 4) is 0 Å². The summed E-state index contributed by atoms with van der Waals surface area (Å²) in [6.45, 7) is 0. The average molecular weight is 268 g/mol. The van der Waals surface area contributed by atoms with Crippen molar-refractivity contribution in [1.82, 2.24) is 4.57 Å². The summed E-state index contributed by atoms with van der Waals surface area (Å²) in [5, 5.41) is 2.28. The Morgan fingerprint density at radius 2 is 1.84 bits per heavy atom. The molecule has 3 nitrogen and oxygen atoms in total. The maximum absolute atomic E-state index is 12.8. The van der Waals surface area contributed by atoms with Gasteiger partial charge in [-0.15, -0.1) is 0 Å². The van der Waals surface area contributed by atoms with E-state index in [0.717, 1.165) is 6.07 Å². The Kier molecular flexibility index (Phi) is 3.33. The summed E-state index contributed by atoms with van der Waals surface area (Å²) in [7, 11) is 1.64. The average Bonchev–Trinajstić information content (AvgIpc) is 2.75. The smallest absolute Gasteiger partial charge is 0.347 e. The Morgan fingerprint density at radius 1 is 1.16 bits per heavy atom. The van der Waals surface area contributed by atoms with Crippen molar-refractivity contribution < 1.29 is 18.0 Å². The largest absolute Gasteiger partial charge is 0.418 e. The lowest BCUT2D eigenvalue weighted by Crippen LogP contribution is -2.18. The molecular formula is C13H11F3N2O. The summed E-state index contributed by atoms with van der Waals surface area (Å²) >= 11 is 0. The molecule has 2 rings (SSSR count). The second-order valence-corrected chi connectivity index (χ2v) is 4.00. The van der Waals surface area contributed by atoms with Gasteiger partial charge in [-0.05, 0) is 24.3 Å². The van der Waals surface area contributed by atoms with Gasteiger partial charge in [0.25, 0.3) is 5.91 Å². The van der Waals surface area contributed by atoms with Crippen LogP contribution < -0.4 is 5.32 Å². The van der Waals surface area contributed by atoms with Crippen LogP contribution in [-0.4, -0.2) is 10.5 Å². The number of rotatable bonds is 2. The molecule has 6 heteroatoms. The van der Waals surface area contributed by atoms with Gasteiger partial charge in [0.05, 0.1) is 11.3 Å². The number of carbonyl (C=O) groups is 1. The number of nitrogens with one attached hydrogen (secondary N) is 1. The fraction of sp³-hybridized carbons (Fsp3) is 0.154. The summed E-state index contributed by atoms with van der Waals surface area (Å²) in [5.74, 6) is -0.579. The second-order valence-electron chi connectivity index (χ2n) is 4.00. The molecule has 0 atom stereocenters. The first-order valence-electron chi connectivity index (χ1n) is 5.48. The van der Waals surface area contributed by atoms with Crippen molar-refractivity contribution in [3.05, 3.63) is 53.9 Å². The van der Waals surface area contributed by atoms with Gasteiger partial charge in [0.1, 0.15) is 5.69 Å². The molecule has 0 saturated heterocycles. The Balaban J connectivity index is 2.30. The summed E-state index contributed by atoms with van der Waals surface area (Å²) < 4.78 is 39.8. The number of alkyl halides is 3. The molecule has 0 fully saturated rings. The molecule has 0 bridgehead atoms. The van der Waals surface area contributed by atoms with E-state index in [9.17, 15) is 18.0 Å². The van der Waals surface area contributed by atoms with E-state index in [1.807, 2.05) is 0 Å². The molecule has 100 valence electrons. The van der Waals surface area contributed by atoms with Gasteiger partial charge < -0.3 is 9.88 Å². The third kappa shape index (κ3) is 2.78. The van der Waals surface area contributed by atoms with Crippen molar-refractivity contribution in [2.45, 2.75) is 6.18 Å². The van der Waals surface area contributed by atoms with Crippen LogP contribution in [0.15, 0.2) is 42.6 Å². The van der Waals surface area contributed by atoms with Gasteiger partial charge in [-0.2, -0.15) is 13.2 Å². The van der Waals surface area contributed by atoms with Crippen LogP contribution in [0.5, 0.6) is 0 Å². The number of benzene rings is 1. The summed E-state index contributed by atoms with van der Waals surface area (Å²) in [6.07, 6.45) is -2.86. The third-order valence-electron chi connectivity index (χ3n) is 2.66. The lowest BCUT2D eigenvalue weighted by molar-refractivity contribution is -0.136. The van der Waals surface area contributed by atoms with Crippen LogP contribution in [-0.2, 0) is 13.2 Å². The molecule has 1 aromatic carbocycles. The van der Waals surface area contributed by atoms with Crippen LogP contribution in [0.3, 0.4) is 0 Å². The molecule has 0 unspecified atom stereocenters. The molecule has 0 aliphatic carbocycles. The van der Waals surface area contributed by atoms with E-state index in [1.165, 1.54) is 28.8 Å². The standard InChI is InChI=1S/C13H11F3N2O/c1-18-8-4-7-11(18)12(19)17-10-6-3-2-5-9(10)13(14,15)16/h2-8H,1H3,(H,17,19). The monoisotopic (exact) mass is 268 g/mol. The van der Waals surface area contributed by atoms with E-state index < -0.39 is 17.6 Å². The fourth-order valence-corrected chi connectivity index (χ4v) is 1.72. The molecule has 1 aromatic heterocycles. The van der Waals surface area contributed by atoms with Crippen LogP contribution >= 0.6 is 0 Å². The summed E-state index contributed by atoms with van der Waals surface area (Å²) in [4.78, 5) is 11.9. The van der Waals surface area contributed by atoms with E-state index in [1.54, 1.807) is 19.3 Å². The fourth-order valence-electron chi connectivity index (χ4n) is 1.72. The molecule has 0 saturated carbocycles. The van der Waals surface area contributed by atoms with Crippen LogP contribution in [0, 0.1) is 0 Å². The zero-order valence-electron chi connectivity index (χ0n) is 10.0. The van der Waals surface area contributed by atoms with Crippen LogP contribution in [0.1, 0.15) is 16.1 Å². The zero-order chi connectivity index (χ0) is 14.0. The number of halogens is 3.